The quantitative estimate of drug-likeness (QED) is 0.679. The Hall–Kier alpha value is -0.770. The molecule has 0 aromatic carbocycles. The van der Waals surface area contributed by atoms with Gasteiger partial charge in [0, 0.05) is 12.6 Å². The van der Waals surface area contributed by atoms with E-state index < -0.39 is 0 Å². The maximum absolute atomic E-state index is 11.0. The van der Waals surface area contributed by atoms with Crippen LogP contribution in [0, 0.1) is 5.92 Å². The Balaban J connectivity index is 3.76. The molecule has 0 bridgehead atoms. The molecular weight excluding hydrogens is 168 g/mol. The number of carbonyl (C=O) groups is 1. The molecule has 0 saturated heterocycles. The fourth-order valence-corrected chi connectivity index (χ4v) is 1.12. The minimum atomic E-state index is -0.376. The van der Waals surface area contributed by atoms with Crippen molar-refractivity contribution in [2.24, 2.45) is 11.7 Å². The Morgan fingerprint density at radius 1 is 1.54 bits per heavy atom. The van der Waals surface area contributed by atoms with E-state index in [0.717, 1.165) is 6.42 Å². The van der Waals surface area contributed by atoms with Gasteiger partial charge in [-0.2, -0.15) is 0 Å². The number of ether oxygens (including phenoxy) is 1. The Morgan fingerprint density at radius 3 is 2.54 bits per heavy atom. The molecule has 0 heterocycles. The largest absolute Gasteiger partial charge is 0.450 e. The van der Waals surface area contributed by atoms with Gasteiger partial charge in [-0.25, -0.2) is 4.79 Å². The van der Waals surface area contributed by atoms with E-state index in [2.05, 4.69) is 19.2 Å². The number of rotatable bonds is 5. The lowest BCUT2D eigenvalue weighted by Crippen LogP contribution is -2.41. The number of nitrogens with two attached hydrogens (primary N) is 1. The minimum absolute atomic E-state index is 0.0269. The molecule has 4 heteroatoms. The zero-order chi connectivity index (χ0) is 10.3. The normalized spacial score (nSPS) is 12.7. The van der Waals surface area contributed by atoms with E-state index in [0.29, 0.717) is 19.1 Å². The lowest BCUT2D eigenvalue weighted by molar-refractivity contribution is 0.147. The van der Waals surface area contributed by atoms with Crippen molar-refractivity contribution in [2.75, 3.05) is 13.2 Å². The smallest absolute Gasteiger partial charge is 0.407 e. The van der Waals surface area contributed by atoms with Gasteiger partial charge in [-0.15, -0.1) is 0 Å². The summed E-state index contributed by atoms with van der Waals surface area (Å²) in [6.07, 6.45) is 0.508. The second-order valence-electron chi connectivity index (χ2n) is 3.43. The zero-order valence-electron chi connectivity index (χ0n) is 8.67. The van der Waals surface area contributed by atoms with E-state index >= 15 is 0 Å². The third-order valence-corrected chi connectivity index (χ3v) is 1.64. The molecule has 0 aliphatic rings. The molecule has 1 atom stereocenters. The molecular formula is C9H20N2O2. The highest BCUT2D eigenvalue weighted by atomic mass is 16.5. The maximum Gasteiger partial charge on any atom is 0.407 e. The van der Waals surface area contributed by atoms with Crippen LogP contribution in [0.4, 0.5) is 4.79 Å². The molecule has 0 aromatic rings. The van der Waals surface area contributed by atoms with Crippen molar-refractivity contribution in [3.05, 3.63) is 0 Å². The van der Waals surface area contributed by atoms with Gasteiger partial charge in [0.05, 0.1) is 6.61 Å². The van der Waals surface area contributed by atoms with E-state index in [4.69, 9.17) is 10.5 Å². The number of nitrogens with one attached hydrogen (secondary N) is 1. The number of hydrogen-bond acceptors (Lipinski definition) is 3. The molecule has 0 rings (SSSR count). The number of carbonyl (C=O) groups excluding carboxylic acids is 1. The van der Waals surface area contributed by atoms with Crippen LogP contribution < -0.4 is 11.1 Å². The van der Waals surface area contributed by atoms with E-state index in [1.54, 1.807) is 6.92 Å². The molecule has 13 heavy (non-hydrogen) atoms. The maximum atomic E-state index is 11.0. The van der Waals surface area contributed by atoms with Crippen LogP contribution in [0.15, 0.2) is 0 Å². The Labute approximate surface area is 79.8 Å². The molecule has 3 N–H and O–H groups in total. The molecule has 0 radical (unpaired) electrons. The van der Waals surface area contributed by atoms with Gasteiger partial charge < -0.3 is 15.8 Å². The predicted octanol–water partition coefficient (Wildman–Crippen LogP) is 1.11. The topological polar surface area (TPSA) is 64.3 Å². The first kappa shape index (κ1) is 12.2. The van der Waals surface area contributed by atoms with Crippen LogP contribution in [0.1, 0.15) is 27.2 Å². The van der Waals surface area contributed by atoms with Crippen molar-refractivity contribution in [3.8, 4) is 0 Å². The summed E-state index contributed by atoms with van der Waals surface area (Å²) in [6.45, 7) is 6.81. The molecule has 0 saturated carbocycles. The summed E-state index contributed by atoms with van der Waals surface area (Å²) in [4.78, 5) is 11.0. The van der Waals surface area contributed by atoms with Crippen LogP contribution in [0.2, 0.25) is 0 Å². The van der Waals surface area contributed by atoms with Gasteiger partial charge in [-0.05, 0) is 19.3 Å². The lowest BCUT2D eigenvalue weighted by atomic mass is 10.0. The van der Waals surface area contributed by atoms with Crippen LogP contribution in [0.5, 0.6) is 0 Å². The summed E-state index contributed by atoms with van der Waals surface area (Å²) in [5, 5.41) is 2.71. The second-order valence-corrected chi connectivity index (χ2v) is 3.43. The van der Waals surface area contributed by atoms with Crippen LogP contribution >= 0.6 is 0 Å². The highest BCUT2D eigenvalue weighted by Gasteiger charge is 2.12. The predicted molar refractivity (Wildman–Crippen MR) is 52.5 cm³/mol. The average Bonchev–Trinajstić information content (AvgIpc) is 2.02. The standard InChI is InChI=1S/C9H20N2O2/c1-4-13-9(12)11-8(6-10)5-7(2)3/h7-8H,4-6,10H2,1-3H3,(H,11,12)/t8-/m1/s1. The van der Waals surface area contributed by atoms with Crippen LogP contribution in [0.25, 0.3) is 0 Å². The summed E-state index contributed by atoms with van der Waals surface area (Å²) in [6, 6.07) is 0.0269. The SMILES string of the molecule is CCOC(=O)N[C@@H](CN)CC(C)C. The summed E-state index contributed by atoms with van der Waals surface area (Å²) >= 11 is 0. The number of hydrogen-bond donors (Lipinski definition) is 2. The van der Waals surface area contributed by atoms with Gasteiger partial charge in [-0.3, -0.25) is 0 Å². The van der Waals surface area contributed by atoms with Gasteiger partial charge in [0.2, 0.25) is 0 Å². The highest BCUT2D eigenvalue weighted by molar-refractivity contribution is 5.67. The average molecular weight is 188 g/mol. The van der Waals surface area contributed by atoms with Gasteiger partial charge in [-0.1, -0.05) is 13.8 Å². The van der Waals surface area contributed by atoms with Crippen molar-refractivity contribution < 1.29 is 9.53 Å². The first-order chi connectivity index (χ1) is 6.10. The zero-order valence-corrected chi connectivity index (χ0v) is 8.67. The fourth-order valence-electron chi connectivity index (χ4n) is 1.12. The van der Waals surface area contributed by atoms with Gasteiger partial charge >= 0.3 is 6.09 Å². The summed E-state index contributed by atoms with van der Waals surface area (Å²) in [7, 11) is 0. The summed E-state index contributed by atoms with van der Waals surface area (Å²) < 4.78 is 4.75. The Kier molecular flexibility index (Phi) is 6.32. The van der Waals surface area contributed by atoms with Crippen molar-refractivity contribution in [3.63, 3.8) is 0 Å². The van der Waals surface area contributed by atoms with Crippen molar-refractivity contribution >= 4 is 6.09 Å². The molecule has 1 amide bonds. The lowest BCUT2D eigenvalue weighted by Gasteiger charge is -2.18. The molecule has 0 aliphatic heterocycles. The van der Waals surface area contributed by atoms with Crippen molar-refractivity contribution in [1.82, 2.24) is 5.32 Å². The second kappa shape index (κ2) is 6.71. The molecule has 4 nitrogen and oxygen atoms in total. The van der Waals surface area contributed by atoms with Gasteiger partial charge in [0.15, 0.2) is 0 Å². The fraction of sp³-hybridized carbons (Fsp3) is 0.889. The Bertz CT molecular complexity index is 149. The third-order valence-electron chi connectivity index (χ3n) is 1.64. The molecule has 78 valence electrons. The van der Waals surface area contributed by atoms with E-state index in [9.17, 15) is 4.79 Å². The van der Waals surface area contributed by atoms with Crippen molar-refractivity contribution in [1.29, 1.82) is 0 Å². The van der Waals surface area contributed by atoms with Crippen LogP contribution in [0.3, 0.4) is 0 Å². The van der Waals surface area contributed by atoms with E-state index in [-0.39, 0.29) is 12.1 Å². The van der Waals surface area contributed by atoms with Crippen molar-refractivity contribution in [2.45, 2.75) is 33.2 Å². The van der Waals surface area contributed by atoms with Gasteiger partial charge in [0.1, 0.15) is 0 Å². The summed E-state index contributed by atoms with van der Waals surface area (Å²) in [5.74, 6) is 0.524. The van der Waals surface area contributed by atoms with Crippen LogP contribution in [-0.4, -0.2) is 25.3 Å². The molecule has 0 unspecified atom stereocenters. The summed E-state index contributed by atoms with van der Waals surface area (Å²) in [5.41, 5.74) is 5.50. The molecule has 0 fully saturated rings. The first-order valence-corrected chi connectivity index (χ1v) is 4.73. The molecule has 0 aliphatic carbocycles. The Morgan fingerprint density at radius 2 is 2.15 bits per heavy atom. The minimum Gasteiger partial charge on any atom is -0.450 e. The number of amides is 1. The van der Waals surface area contributed by atoms with E-state index in [1.165, 1.54) is 0 Å². The molecule has 0 spiro atoms. The number of alkyl carbamates (subject to hydrolysis) is 1. The first-order valence-electron chi connectivity index (χ1n) is 4.73. The third kappa shape index (κ3) is 6.40. The monoisotopic (exact) mass is 188 g/mol. The van der Waals surface area contributed by atoms with E-state index in [1.807, 2.05) is 0 Å². The molecule has 0 aromatic heterocycles. The highest BCUT2D eigenvalue weighted by Crippen LogP contribution is 2.03. The van der Waals surface area contributed by atoms with Crippen LogP contribution in [-0.2, 0) is 4.74 Å². The van der Waals surface area contributed by atoms with Gasteiger partial charge in [0.25, 0.3) is 0 Å².